The smallest absolute Gasteiger partial charge is 0.269 e. The molecule has 1 atom stereocenters. The van der Waals surface area contributed by atoms with Crippen LogP contribution in [0.1, 0.15) is 45.6 Å². The Hall–Kier alpha value is -2.10. The van der Waals surface area contributed by atoms with Gasteiger partial charge in [-0.05, 0) is 43.9 Å². The summed E-state index contributed by atoms with van der Waals surface area (Å²) in [5.74, 6) is 0.131. The lowest BCUT2D eigenvalue weighted by Gasteiger charge is -2.30. The van der Waals surface area contributed by atoms with E-state index in [9.17, 15) is 10.1 Å². The second-order valence-corrected chi connectivity index (χ2v) is 5.23. The standard InChI is InChI=1S/C16H20N2O2/c1-5-15-11(3)16(10(2)12(4)17-15)13-7-6-8-14(9-13)18(19)20/h6-9,16-17H,5H2,1-4H3. The molecule has 0 radical (unpaired) electrons. The number of dihydropyridines is 1. The van der Waals surface area contributed by atoms with Gasteiger partial charge in [-0.3, -0.25) is 10.1 Å². The molecule has 0 aliphatic carbocycles. The van der Waals surface area contributed by atoms with Crippen LogP contribution in [0.4, 0.5) is 5.69 Å². The molecule has 1 aliphatic heterocycles. The molecule has 4 nitrogen and oxygen atoms in total. The molecular weight excluding hydrogens is 252 g/mol. The molecule has 0 amide bonds. The summed E-state index contributed by atoms with van der Waals surface area (Å²) in [6.45, 7) is 8.36. The van der Waals surface area contributed by atoms with Crippen LogP contribution in [0.2, 0.25) is 0 Å². The fraction of sp³-hybridized carbons (Fsp3) is 0.375. The van der Waals surface area contributed by atoms with Gasteiger partial charge in [0, 0.05) is 29.4 Å². The predicted molar refractivity (Wildman–Crippen MR) is 80.3 cm³/mol. The van der Waals surface area contributed by atoms with Gasteiger partial charge in [-0.1, -0.05) is 19.1 Å². The number of nitrogens with one attached hydrogen (secondary N) is 1. The Labute approximate surface area is 119 Å². The normalized spacial score (nSPS) is 19.1. The summed E-state index contributed by atoms with van der Waals surface area (Å²) in [5, 5.41) is 14.4. The van der Waals surface area contributed by atoms with E-state index in [-0.39, 0.29) is 16.5 Å². The van der Waals surface area contributed by atoms with E-state index < -0.39 is 0 Å². The van der Waals surface area contributed by atoms with Gasteiger partial charge in [-0.25, -0.2) is 0 Å². The third kappa shape index (κ3) is 2.46. The maximum Gasteiger partial charge on any atom is 0.269 e. The molecule has 1 aliphatic rings. The first kappa shape index (κ1) is 14.3. The largest absolute Gasteiger partial charge is 0.363 e. The summed E-state index contributed by atoms with van der Waals surface area (Å²) in [4.78, 5) is 10.6. The van der Waals surface area contributed by atoms with Gasteiger partial charge < -0.3 is 5.32 Å². The highest BCUT2D eigenvalue weighted by atomic mass is 16.6. The number of non-ortho nitro benzene ring substituents is 1. The molecule has 4 heteroatoms. The van der Waals surface area contributed by atoms with Gasteiger partial charge in [0.15, 0.2) is 0 Å². The minimum atomic E-state index is -0.337. The van der Waals surface area contributed by atoms with E-state index in [4.69, 9.17) is 0 Å². The van der Waals surface area contributed by atoms with Crippen molar-refractivity contribution in [3.8, 4) is 0 Å². The highest BCUT2D eigenvalue weighted by molar-refractivity contribution is 5.47. The van der Waals surface area contributed by atoms with Gasteiger partial charge in [0.2, 0.25) is 0 Å². The molecule has 0 saturated carbocycles. The van der Waals surface area contributed by atoms with E-state index >= 15 is 0 Å². The van der Waals surface area contributed by atoms with Crippen molar-refractivity contribution in [3.05, 3.63) is 62.5 Å². The van der Waals surface area contributed by atoms with E-state index in [0.717, 1.165) is 17.7 Å². The Bertz CT molecular complexity index is 615. The van der Waals surface area contributed by atoms with E-state index in [1.54, 1.807) is 12.1 Å². The lowest BCUT2D eigenvalue weighted by molar-refractivity contribution is -0.384. The summed E-state index contributed by atoms with van der Waals surface area (Å²) in [5.41, 5.74) is 5.96. The van der Waals surface area contributed by atoms with Crippen LogP contribution in [0.3, 0.4) is 0 Å². The molecule has 0 saturated heterocycles. The molecule has 0 spiro atoms. The molecular formula is C16H20N2O2. The number of benzene rings is 1. The highest BCUT2D eigenvalue weighted by Gasteiger charge is 2.25. The number of allylic oxidation sites excluding steroid dienone is 4. The van der Waals surface area contributed by atoms with E-state index in [0.29, 0.717) is 0 Å². The van der Waals surface area contributed by atoms with Gasteiger partial charge in [0.1, 0.15) is 0 Å². The topological polar surface area (TPSA) is 55.2 Å². The van der Waals surface area contributed by atoms with Crippen LogP contribution < -0.4 is 5.32 Å². The number of rotatable bonds is 3. The first-order chi connectivity index (χ1) is 9.45. The molecule has 0 fully saturated rings. The van der Waals surface area contributed by atoms with Crippen LogP contribution in [-0.2, 0) is 0 Å². The Morgan fingerprint density at radius 1 is 1.25 bits per heavy atom. The fourth-order valence-corrected chi connectivity index (χ4v) is 2.82. The van der Waals surface area contributed by atoms with Gasteiger partial charge in [-0.2, -0.15) is 0 Å². The minimum Gasteiger partial charge on any atom is -0.363 e. The van der Waals surface area contributed by atoms with Crippen molar-refractivity contribution >= 4 is 5.69 Å². The summed E-state index contributed by atoms with van der Waals surface area (Å²) in [6.07, 6.45) is 0.932. The Morgan fingerprint density at radius 2 is 1.95 bits per heavy atom. The average Bonchev–Trinajstić information content (AvgIpc) is 2.43. The van der Waals surface area contributed by atoms with Gasteiger partial charge in [0.25, 0.3) is 5.69 Å². The minimum absolute atomic E-state index is 0.131. The van der Waals surface area contributed by atoms with Gasteiger partial charge in [-0.15, -0.1) is 0 Å². The first-order valence-electron chi connectivity index (χ1n) is 6.84. The van der Waals surface area contributed by atoms with Crippen LogP contribution in [-0.4, -0.2) is 4.92 Å². The highest BCUT2D eigenvalue weighted by Crippen LogP contribution is 2.38. The molecule has 1 aromatic rings. The number of hydrogen-bond acceptors (Lipinski definition) is 3. The Kier molecular flexibility index (Phi) is 3.93. The van der Waals surface area contributed by atoms with Gasteiger partial charge in [0.05, 0.1) is 4.92 Å². The average molecular weight is 272 g/mol. The Morgan fingerprint density at radius 3 is 2.55 bits per heavy atom. The second-order valence-electron chi connectivity index (χ2n) is 5.23. The van der Waals surface area contributed by atoms with Crippen molar-refractivity contribution in [2.45, 2.75) is 40.0 Å². The van der Waals surface area contributed by atoms with Crippen molar-refractivity contribution < 1.29 is 4.92 Å². The zero-order chi connectivity index (χ0) is 14.9. The predicted octanol–water partition coefficient (Wildman–Crippen LogP) is 4.26. The first-order valence-corrected chi connectivity index (χ1v) is 6.84. The van der Waals surface area contributed by atoms with Crippen molar-refractivity contribution in [1.82, 2.24) is 5.32 Å². The quantitative estimate of drug-likeness (QED) is 0.660. The monoisotopic (exact) mass is 272 g/mol. The number of nitro benzene ring substituents is 1. The van der Waals surface area contributed by atoms with Crippen molar-refractivity contribution in [1.29, 1.82) is 0 Å². The molecule has 1 heterocycles. The van der Waals surface area contributed by atoms with Crippen LogP contribution >= 0.6 is 0 Å². The van der Waals surface area contributed by atoms with Crippen LogP contribution in [0.5, 0.6) is 0 Å². The molecule has 0 aromatic heterocycles. The maximum absolute atomic E-state index is 11.0. The summed E-state index contributed by atoms with van der Waals surface area (Å²) >= 11 is 0. The summed E-state index contributed by atoms with van der Waals surface area (Å²) in [6, 6.07) is 6.95. The van der Waals surface area contributed by atoms with Gasteiger partial charge >= 0.3 is 0 Å². The van der Waals surface area contributed by atoms with Crippen molar-refractivity contribution in [2.24, 2.45) is 0 Å². The third-order valence-corrected chi connectivity index (χ3v) is 4.04. The summed E-state index contributed by atoms with van der Waals surface area (Å²) < 4.78 is 0. The molecule has 106 valence electrons. The zero-order valence-corrected chi connectivity index (χ0v) is 12.4. The van der Waals surface area contributed by atoms with Crippen LogP contribution in [0.25, 0.3) is 0 Å². The zero-order valence-electron chi connectivity index (χ0n) is 12.4. The van der Waals surface area contributed by atoms with Crippen molar-refractivity contribution in [2.75, 3.05) is 0 Å². The number of hydrogen-bond donors (Lipinski definition) is 1. The fourth-order valence-electron chi connectivity index (χ4n) is 2.82. The summed E-state index contributed by atoms with van der Waals surface area (Å²) in [7, 11) is 0. The van der Waals surface area contributed by atoms with E-state index in [2.05, 4.69) is 33.0 Å². The lowest BCUT2D eigenvalue weighted by Crippen LogP contribution is -2.23. The van der Waals surface area contributed by atoms with Crippen LogP contribution in [0.15, 0.2) is 46.8 Å². The molecule has 0 bridgehead atoms. The van der Waals surface area contributed by atoms with E-state index in [1.807, 2.05) is 6.07 Å². The molecule has 1 N–H and O–H groups in total. The molecule has 1 aromatic carbocycles. The Balaban J connectivity index is 2.53. The lowest BCUT2D eigenvalue weighted by atomic mass is 9.81. The molecule has 2 rings (SSSR count). The number of nitro groups is 1. The number of nitrogens with zero attached hydrogens (tertiary/aromatic N) is 1. The van der Waals surface area contributed by atoms with Crippen LogP contribution in [0, 0.1) is 10.1 Å². The second kappa shape index (κ2) is 5.49. The molecule has 20 heavy (non-hydrogen) atoms. The molecule has 1 unspecified atom stereocenters. The third-order valence-electron chi connectivity index (χ3n) is 4.04. The maximum atomic E-state index is 11.0. The van der Waals surface area contributed by atoms with E-state index in [1.165, 1.54) is 22.9 Å². The van der Waals surface area contributed by atoms with Crippen molar-refractivity contribution in [3.63, 3.8) is 0 Å². The SMILES string of the molecule is CCC1=C(C)C(c2cccc([N+](=O)[O-])c2)C(C)=C(C)N1.